The van der Waals surface area contributed by atoms with Crippen molar-refractivity contribution in [1.29, 1.82) is 10.8 Å². The zero-order chi connectivity index (χ0) is 12.6. The van der Waals surface area contributed by atoms with Gasteiger partial charge in [-0.3, -0.25) is 0 Å². The number of carbonyl (C=O) groups excluding carboxylic acids is 2. The van der Waals surface area contributed by atoms with Gasteiger partial charge in [0.05, 0.1) is 6.61 Å². The molecule has 0 aromatic heterocycles. The lowest BCUT2D eigenvalue weighted by molar-refractivity contribution is 0.134. The van der Waals surface area contributed by atoms with Gasteiger partial charge >= 0.3 is 0 Å². The fourth-order valence-corrected chi connectivity index (χ4v) is 0.794. The molecule has 0 saturated heterocycles. The van der Waals surface area contributed by atoms with Crippen LogP contribution in [0.3, 0.4) is 0 Å². The van der Waals surface area contributed by atoms with E-state index in [-0.39, 0.29) is 0 Å². The summed E-state index contributed by atoms with van der Waals surface area (Å²) in [5.74, 6) is 0. The van der Waals surface area contributed by atoms with E-state index in [2.05, 4.69) is 12.1 Å². The number of rotatable bonds is 3. The van der Waals surface area contributed by atoms with Crippen LogP contribution in [0.2, 0.25) is 0 Å². The third kappa shape index (κ3) is 14.5. The van der Waals surface area contributed by atoms with Gasteiger partial charge in [-0.1, -0.05) is 30.3 Å². The molecule has 0 atom stereocenters. The van der Waals surface area contributed by atoms with Crippen molar-refractivity contribution in [1.82, 2.24) is 0 Å². The highest BCUT2D eigenvalue weighted by Gasteiger charge is 1.86. The Kier molecular flexibility index (Phi) is 15.8. The van der Waals surface area contributed by atoms with E-state index in [1.165, 1.54) is 5.56 Å². The first kappa shape index (κ1) is 16.4. The average Bonchev–Trinajstić information content (AvgIpc) is 2.30. The minimum atomic E-state index is 0.733. The van der Waals surface area contributed by atoms with Crippen LogP contribution in [-0.4, -0.2) is 18.8 Å². The Morgan fingerprint density at radius 3 is 1.94 bits per heavy atom. The summed E-state index contributed by atoms with van der Waals surface area (Å²) in [5.41, 5.74) is 1.24. The molecule has 1 aromatic carbocycles. The molecule has 0 aliphatic carbocycles. The van der Waals surface area contributed by atoms with Crippen molar-refractivity contribution in [2.24, 2.45) is 0 Å². The van der Waals surface area contributed by atoms with E-state index in [0.29, 0.717) is 0 Å². The molecule has 0 amide bonds. The van der Waals surface area contributed by atoms with Crippen LogP contribution in [0.25, 0.3) is 0 Å². The van der Waals surface area contributed by atoms with Crippen LogP contribution in [0.15, 0.2) is 30.3 Å². The van der Waals surface area contributed by atoms with E-state index < -0.39 is 0 Å². The van der Waals surface area contributed by atoms with Crippen LogP contribution in [0, 0.1) is 10.8 Å². The summed E-state index contributed by atoms with van der Waals surface area (Å²) >= 11 is 0. The Balaban J connectivity index is 0. The monoisotopic (exact) mass is 222 g/mol. The number of ether oxygens (including phenoxy) is 1. The second kappa shape index (κ2) is 15.4. The highest BCUT2D eigenvalue weighted by molar-refractivity contribution is 5.26. The normalized spacial score (nSPS) is 7.06. The van der Waals surface area contributed by atoms with Crippen LogP contribution in [-0.2, 0) is 20.9 Å². The summed E-state index contributed by atoms with van der Waals surface area (Å²) < 4.78 is 5.22. The summed E-state index contributed by atoms with van der Waals surface area (Å²) in [5, 5.41) is 10.8. The SMILES string of the molecule is CCOCc1ccccc1.N=C=O.N=C=O. The molecule has 0 saturated carbocycles. The third-order valence-electron chi connectivity index (χ3n) is 1.32. The molecule has 5 nitrogen and oxygen atoms in total. The third-order valence-corrected chi connectivity index (χ3v) is 1.32. The smallest absolute Gasteiger partial charge is 0.231 e. The fraction of sp³-hybridized carbons (Fsp3) is 0.273. The van der Waals surface area contributed by atoms with Crippen LogP contribution in [0.5, 0.6) is 0 Å². The van der Waals surface area contributed by atoms with Gasteiger partial charge in [0.15, 0.2) is 0 Å². The van der Waals surface area contributed by atoms with Gasteiger partial charge in [-0.05, 0) is 12.5 Å². The summed E-state index contributed by atoms with van der Waals surface area (Å²) in [6.07, 6.45) is 1.50. The molecule has 1 aromatic rings. The van der Waals surface area contributed by atoms with E-state index in [0.717, 1.165) is 25.4 Å². The summed E-state index contributed by atoms with van der Waals surface area (Å²) in [6, 6.07) is 10.2. The summed E-state index contributed by atoms with van der Waals surface area (Å²) in [4.78, 5) is 16.7. The molecule has 0 fully saturated rings. The Hall–Kier alpha value is -2.06. The maximum atomic E-state index is 8.35. The lowest BCUT2D eigenvalue weighted by Gasteiger charge is -1.98. The second-order valence-corrected chi connectivity index (χ2v) is 2.33. The van der Waals surface area contributed by atoms with Gasteiger partial charge in [0, 0.05) is 6.61 Å². The highest BCUT2D eigenvalue weighted by atomic mass is 16.5. The van der Waals surface area contributed by atoms with Gasteiger partial charge in [0.25, 0.3) is 0 Å². The molecule has 5 heteroatoms. The zero-order valence-corrected chi connectivity index (χ0v) is 9.03. The molecular weight excluding hydrogens is 208 g/mol. The van der Waals surface area contributed by atoms with Crippen molar-refractivity contribution >= 4 is 12.2 Å². The van der Waals surface area contributed by atoms with E-state index in [1.807, 2.05) is 25.1 Å². The van der Waals surface area contributed by atoms with Crippen molar-refractivity contribution in [2.75, 3.05) is 6.61 Å². The van der Waals surface area contributed by atoms with E-state index >= 15 is 0 Å². The predicted molar refractivity (Wildman–Crippen MR) is 58.6 cm³/mol. The minimum absolute atomic E-state index is 0.733. The molecule has 0 aliphatic heterocycles. The second-order valence-electron chi connectivity index (χ2n) is 2.33. The van der Waals surface area contributed by atoms with E-state index in [9.17, 15) is 0 Å². The van der Waals surface area contributed by atoms with Gasteiger partial charge in [-0.15, -0.1) is 0 Å². The fourth-order valence-electron chi connectivity index (χ4n) is 0.794. The van der Waals surface area contributed by atoms with E-state index in [1.54, 1.807) is 0 Å². The maximum absolute atomic E-state index is 8.35. The quantitative estimate of drug-likeness (QED) is 0.605. The Bertz CT molecular complexity index is 301. The molecule has 0 aliphatic rings. The Morgan fingerprint density at radius 2 is 1.56 bits per heavy atom. The zero-order valence-electron chi connectivity index (χ0n) is 9.03. The predicted octanol–water partition coefficient (Wildman–Crippen LogP) is 2.03. The Morgan fingerprint density at radius 1 is 1.12 bits per heavy atom. The topological polar surface area (TPSA) is 91.1 Å². The Labute approximate surface area is 94.1 Å². The van der Waals surface area contributed by atoms with Crippen LogP contribution in [0.1, 0.15) is 12.5 Å². The van der Waals surface area contributed by atoms with Gasteiger partial charge in [0.1, 0.15) is 0 Å². The number of isocyanates is 2. The van der Waals surface area contributed by atoms with Gasteiger partial charge in [0.2, 0.25) is 12.2 Å². The number of nitrogens with one attached hydrogen (secondary N) is 2. The van der Waals surface area contributed by atoms with Crippen molar-refractivity contribution in [2.45, 2.75) is 13.5 Å². The van der Waals surface area contributed by atoms with Crippen LogP contribution < -0.4 is 0 Å². The maximum Gasteiger partial charge on any atom is 0.231 e. The summed E-state index contributed by atoms with van der Waals surface area (Å²) in [7, 11) is 0. The molecule has 0 bridgehead atoms. The van der Waals surface area contributed by atoms with Gasteiger partial charge in [-0.2, -0.15) is 0 Å². The van der Waals surface area contributed by atoms with Crippen molar-refractivity contribution in [3.8, 4) is 0 Å². The first-order chi connectivity index (χ1) is 7.76. The number of benzene rings is 1. The molecule has 2 N–H and O–H groups in total. The van der Waals surface area contributed by atoms with Crippen LogP contribution in [0.4, 0.5) is 0 Å². The number of hydrogen-bond donors (Lipinski definition) is 2. The molecule has 0 unspecified atom stereocenters. The van der Waals surface area contributed by atoms with E-state index in [4.69, 9.17) is 25.1 Å². The molecule has 86 valence electrons. The van der Waals surface area contributed by atoms with Gasteiger partial charge in [-0.25, -0.2) is 20.4 Å². The first-order valence-corrected chi connectivity index (χ1v) is 4.46. The average molecular weight is 222 g/mol. The molecule has 16 heavy (non-hydrogen) atoms. The first-order valence-electron chi connectivity index (χ1n) is 4.46. The largest absolute Gasteiger partial charge is 0.377 e. The van der Waals surface area contributed by atoms with Crippen molar-refractivity contribution in [3.05, 3.63) is 35.9 Å². The standard InChI is InChI=1S/C9H12O.2CHNO/c1-2-10-8-9-6-4-3-5-7-9;2*2-1-3/h3-7H,2,8H2,1H3;2*2H. The lowest BCUT2D eigenvalue weighted by atomic mass is 10.2. The van der Waals surface area contributed by atoms with Crippen molar-refractivity contribution < 1.29 is 14.3 Å². The van der Waals surface area contributed by atoms with Crippen molar-refractivity contribution in [3.63, 3.8) is 0 Å². The minimum Gasteiger partial charge on any atom is -0.377 e. The molecule has 0 spiro atoms. The molecular formula is C11H14N2O3. The van der Waals surface area contributed by atoms with Crippen LogP contribution >= 0.6 is 0 Å². The summed E-state index contributed by atoms with van der Waals surface area (Å²) in [6.45, 7) is 3.52. The highest BCUT2D eigenvalue weighted by Crippen LogP contribution is 1.99. The number of hydrogen-bond acceptors (Lipinski definition) is 5. The molecule has 0 heterocycles. The molecule has 1 rings (SSSR count). The van der Waals surface area contributed by atoms with Gasteiger partial charge < -0.3 is 4.74 Å². The lowest BCUT2D eigenvalue weighted by Crippen LogP contribution is -1.90. The molecule has 0 radical (unpaired) electrons.